The minimum atomic E-state index is -4.89. The van der Waals surface area contributed by atoms with Crippen molar-refractivity contribution in [1.29, 1.82) is 0 Å². The van der Waals surface area contributed by atoms with Crippen molar-refractivity contribution in [1.82, 2.24) is 5.32 Å². The van der Waals surface area contributed by atoms with Crippen molar-refractivity contribution in [3.05, 3.63) is 29.8 Å². The molecule has 4 nitrogen and oxygen atoms in total. The van der Waals surface area contributed by atoms with Crippen LogP contribution < -0.4 is 10.6 Å². The third-order valence-electron chi connectivity index (χ3n) is 2.24. The van der Waals surface area contributed by atoms with E-state index in [1.54, 1.807) is 30.4 Å². The summed E-state index contributed by atoms with van der Waals surface area (Å²) in [5.41, 5.74) is 0.942. The molecule has 0 unspecified atom stereocenters. The highest BCUT2D eigenvalue weighted by Gasteiger charge is 2.38. The molecule has 0 bridgehead atoms. The zero-order valence-electron chi connectivity index (χ0n) is 10.2. The van der Waals surface area contributed by atoms with E-state index < -0.39 is 12.1 Å². The standard InChI is InChI=1S/C12H13F3N2O2/c1-2-10(18)17-9-5-3-4-8(6-9)7-16-11(19)12(13,14)15/h3-6H,2,7H2,1H3,(H,16,19)(H,17,18). The maximum atomic E-state index is 12.0. The van der Waals surface area contributed by atoms with Gasteiger partial charge in [0.05, 0.1) is 0 Å². The molecule has 0 heterocycles. The van der Waals surface area contributed by atoms with Crippen LogP contribution >= 0.6 is 0 Å². The number of halogens is 3. The second-order valence-corrected chi connectivity index (χ2v) is 3.78. The zero-order chi connectivity index (χ0) is 14.5. The minimum Gasteiger partial charge on any atom is -0.344 e. The van der Waals surface area contributed by atoms with Crippen LogP contribution in [-0.2, 0) is 16.1 Å². The summed E-state index contributed by atoms with van der Waals surface area (Å²) in [5, 5.41) is 4.33. The Morgan fingerprint density at radius 3 is 2.53 bits per heavy atom. The molecule has 1 aromatic carbocycles. The highest BCUT2D eigenvalue weighted by atomic mass is 19.4. The van der Waals surface area contributed by atoms with Gasteiger partial charge in [0.1, 0.15) is 0 Å². The molecular weight excluding hydrogens is 261 g/mol. The molecule has 2 amide bonds. The Labute approximate surface area is 108 Å². The number of carbonyl (C=O) groups excluding carboxylic acids is 2. The molecule has 19 heavy (non-hydrogen) atoms. The third kappa shape index (κ3) is 4.99. The van der Waals surface area contributed by atoms with E-state index in [0.717, 1.165) is 0 Å². The molecule has 7 heteroatoms. The van der Waals surface area contributed by atoms with Crippen molar-refractivity contribution in [3.8, 4) is 0 Å². The number of rotatable bonds is 4. The van der Waals surface area contributed by atoms with Gasteiger partial charge in [0.2, 0.25) is 5.91 Å². The molecule has 0 aromatic heterocycles. The quantitative estimate of drug-likeness (QED) is 0.884. The molecular formula is C12H13F3N2O2. The maximum absolute atomic E-state index is 12.0. The second kappa shape index (κ2) is 6.21. The van der Waals surface area contributed by atoms with Gasteiger partial charge in [-0.15, -0.1) is 0 Å². The van der Waals surface area contributed by atoms with Crippen molar-refractivity contribution >= 4 is 17.5 Å². The molecule has 0 radical (unpaired) electrons. The number of amides is 2. The first-order valence-electron chi connectivity index (χ1n) is 5.56. The summed E-state index contributed by atoms with van der Waals surface area (Å²) >= 11 is 0. The Morgan fingerprint density at radius 1 is 1.26 bits per heavy atom. The van der Waals surface area contributed by atoms with Gasteiger partial charge in [-0.05, 0) is 17.7 Å². The molecule has 1 aromatic rings. The van der Waals surface area contributed by atoms with Crippen LogP contribution in [0, 0.1) is 0 Å². The first-order chi connectivity index (χ1) is 8.82. The van der Waals surface area contributed by atoms with E-state index in [-0.39, 0.29) is 12.5 Å². The predicted octanol–water partition coefficient (Wildman–Crippen LogP) is 2.21. The number of carbonyl (C=O) groups is 2. The Hall–Kier alpha value is -2.05. The fourth-order valence-electron chi connectivity index (χ4n) is 1.29. The first kappa shape index (κ1) is 15.0. The summed E-state index contributed by atoms with van der Waals surface area (Å²) in [6, 6.07) is 6.26. The summed E-state index contributed by atoms with van der Waals surface area (Å²) in [4.78, 5) is 21.8. The van der Waals surface area contributed by atoms with E-state index in [9.17, 15) is 22.8 Å². The average Bonchev–Trinajstić information content (AvgIpc) is 2.35. The van der Waals surface area contributed by atoms with Gasteiger partial charge in [-0.3, -0.25) is 9.59 Å². The first-order valence-corrected chi connectivity index (χ1v) is 5.56. The summed E-state index contributed by atoms with van der Waals surface area (Å²) in [7, 11) is 0. The lowest BCUT2D eigenvalue weighted by molar-refractivity contribution is -0.173. The van der Waals surface area contributed by atoms with Gasteiger partial charge in [-0.2, -0.15) is 13.2 Å². The normalized spacial score (nSPS) is 10.9. The minimum absolute atomic E-state index is 0.198. The van der Waals surface area contributed by atoms with Crippen LogP contribution in [0.2, 0.25) is 0 Å². The molecule has 0 saturated heterocycles. The van der Waals surface area contributed by atoms with Gasteiger partial charge in [0.25, 0.3) is 0 Å². The molecule has 0 aliphatic rings. The average molecular weight is 274 g/mol. The summed E-state index contributed by atoms with van der Waals surface area (Å²) in [6.07, 6.45) is -4.59. The van der Waals surface area contributed by atoms with E-state index in [1.807, 2.05) is 0 Å². The number of anilines is 1. The van der Waals surface area contributed by atoms with Gasteiger partial charge >= 0.3 is 12.1 Å². The van der Waals surface area contributed by atoms with Crippen molar-refractivity contribution in [2.75, 3.05) is 5.32 Å². The Kier molecular flexibility index (Phi) is 4.91. The van der Waals surface area contributed by atoms with Crippen LogP contribution in [0.25, 0.3) is 0 Å². The number of nitrogens with one attached hydrogen (secondary N) is 2. The number of benzene rings is 1. The molecule has 0 saturated carbocycles. The van der Waals surface area contributed by atoms with Crippen LogP contribution in [0.3, 0.4) is 0 Å². The monoisotopic (exact) mass is 274 g/mol. The molecule has 2 N–H and O–H groups in total. The molecule has 0 atom stereocenters. The molecule has 0 fully saturated rings. The van der Waals surface area contributed by atoms with Crippen LogP contribution in [0.5, 0.6) is 0 Å². The van der Waals surface area contributed by atoms with E-state index in [1.165, 1.54) is 6.07 Å². The van der Waals surface area contributed by atoms with Gasteiger partial charge in [0, 0.05) is 18.7 Å². The van der Waals surface area contributed by atoms with Crippen LogP contribution in [-0.4, -0.2) is 18.0 Å². The van der Waals surface area contributed by atoms with E-state index in [2.05, 4.69) is 5.32 Å². The lowest BCUT2D eigenvalue weighted by Crippen LogP contribution is -2.36. The van der Waals surface area contributed by atoms with Gasteiger partial charge in [0.15, 0.2) is 0 Å². The van der Waals surface area contributed by atoms with E-state index in [4.69, 9.17) is 0 Å². The molecule has 0 aliphatic carbocycles. The molecule has 0 aliphatic heterocycles. The fraction of sp³-hybridized carbons (Fsp3) is 0.333. The fourth-order valence-corrected chi connectivity index (χ4v) is 1.29. The van der Waals surface area contributed by atoms with Crippen LogP contribution in [0.1, 0.15) is 18.9 Å². The van der Waals surface area contributed by atoms with Gasteiger partial charge in [-0.25, -0.2) is 0 Å². The Balaban J connectivity index is 2.63. The largest absolute Gasteiger partial charge is 0.471 e. The lowest BCUT2D eigenvalue weighted by atomic mass is 10.2. The zero-order valence-corrected chi connectivity index (χ0v) is 10.2. The van der Waals surface area contributed by atoms with E-state index in [0.29, 0.717) is 17.7 Å². The lowest BCUT2D eigenvalue weighted by Gasteiger charge is -2.09. The Bertz CT molecular complexity index is 472. The number of alkyl halides is 3. The Morgan fingerprint density at radius 2 is 1.95 bits per heavy atom. The van der Waals surface area contributed by atoms with Crippen molar-refractivity contribution in [2.24, 2.45) is 0 Å². The second-order valence-electron chi connectivity index (χ2n) is 3.78. The molecule has 1 rings (SSSR count). The third-order valence-corrected chi connectivity index (χ3v) is 2.24. The van der Waals surface area contributed by atoms with Crippen LogP contribution in [0.15, 0.2) is 24.3 Å². The highest BCUT2D eigenvalue weighted by Crippen LogP contribution is 2.15. The molecule has 104 valence electrons. The summed E-state index contributed by atoms with van der Waals surface area (Å²) in [5.74, 6) is -2.19. The molecule has 0 spiro atoms. The van der Waals surface area contributed by atoms with Crippen molar-refractivity contribution in [3.63, 3.8) is 0 Å². The maximum Gasteiger partial charge on any atom is 0.471 e. The van der Waals surface area contributed by atoms with Crippen LogP contribution in [0.4, 0.5) is 18.9 Å². The summed E-state index contributed by atoms with van der Waals surface area (Å²) in [6.45, 7) is 1.43. The van der Waals surface area contributed by atoms with Crippen molar-refractivity contribution in [2.45, 2.75) is 26.1 Å². The SMILES string of the molecule is CCC(=O)Nc1cccc(CNC(=O)C(F)(F)F)c1. The van der Waals surface area contributed by atoms with Crippen molar-refractivity contribution < 1.29 is 22.8 Å². The van der Waals surface area contributed by atoms with Gasteiger partial charge in [-0.1, -0.05) is 19.1 Å². The number of hydrogen-bond donors (Lipinski definition) is 2. The van der Waals surface area contributed by atoms with E-state index >= 15 is 0 Å². The predicted molar refractivity (Wildman–Crippen MR) is 63.3 cm³/mol. The topological polar surface area (TPSA) is 58.2 Å². The number of hydrogen-bond acceptors (Lipinski definition) is 2. The summed E-state index contributed by atoms with van der Waals surface area (Å²) < 4.78 is 35.9. The smallest absolute Gasteiger partial charge is 0.344 e. The highest BCUT2D eigenvalue weighted by molar-refractivity contribution is 5.90. The van der Waals surface area contributed by atoms with Gasteiger partial charge < -0.3 is 10.6 Å².